The Morgan fingerprint density at radius 2 is 1.24 bits per heavy atom. The molecule has 1 N–H and O–H groups in total. The number of carbonyl (C=O) groups is 4. The van der Waals surface area contributed by atoms with Crippen molar-refractivity contribution in [3.63, 3.8) is 0 Å². The van der Waals surface area contributed by atoms with Crippen LogP contribution in [0.15, 0.2) is 60.7 Å². The van der Waals surface area contributed by atoms with E-state index in [1.807, 2.05) is 60.7 Å². The third-order valence-corrected chi connectivity index (χ3v) is 8.30. The number of carbonyl (C=O) groups excluding carboxylic acids is 4. The molecule has 1 aliphatic rings. The van der Waals surface area contributed by atoms with Crippen molar-refractivity contribution in [2.75, 3.05) is 6.16 Å². The molecule has 0 radical (unpaired) electrons. The number of nitrogens with one attached hydrogen (secondary N) is 1. The fourth-order valence-corrected chi connectivity index (χ4v) is 6.20. The van der Waals surface area contributed by atoms with Gasteiger partial charge in [-0.1, -0.05) is 60.7 Å². The molecule has 13 nitrogen and oxygen atoms in total. The van der Waals surface area contributed by atoms with Gasteiger partial charge in [0, 0.05) is 20.8 Å². The van der Waals surface area contributed by atoms with Crippen molar-refractivity contribution in [3.8, 4) is 0 Å². The SMILES string of the molecule is CC(=O)O[C@H]1O[C@H](CCP(=O)(OCc2ccccc2)OCc2ccccc2)[C@@H](OC(C)=O)[C@H](OC(C)=O)[C@H]1NC(=O)OC(C)(C)C. The van der Waals surface area contributed by atoms with E-state index in [0.717, 1.165) is 31.9 Å². The predicted molar refractivity (Wildman–Crippen MR) is 164 cm³/mol. The molecule has 1 heterocycles. The molecule has 5 atom stereocenters. The highest BCUT2D eigenvalue weighted by Crippen LogP contribution is 2.51. The van der Waals surface area contributed by atoms with Gasteiger partial charge in [-0.05, 0) is 38.3 Å². The van der Waals surface area contributed by atoms with Gasteiger partial charge in [0.1, 0.15) is 17.7 Å². The Labute approximate surface area is 268 Å². The lowest BCUT2D eigenvalue weighted by molar-refractivity contribution is -0.264. The van der Waals surface area contributed by atoms with Crippen LogP contribution in [0.4, 0.5) is 4.79 Å². The summed E-state index contributed by atoms with van der Waals surface area (Å²) in [6.07, 6.45) is -6.66. The Bertz CT molecular complexity index is 1320. The minimum Gasteiger partial charge on any atom is -0.456 e. The molecule has 14 heteroatoms. The van der Waals surface area contributed by atoms with Crippen molar-refractivity contribution in [1.82, 2.24) is 5.32 Å². The molecular formula is C32H42NO12P. The van der Waals surface area contributed by atoms with Gasteiger partial charge < -0.3 is 38.0 Å². The van der Waals surface area contributed by atoms with Gasteiger partial charge in [0.15, 0.2) is 12.2 Å². The fourth-order valence-electron chi connectivity index (χ4n) is 4.61. The first-order chi connectivity index (χ1) is 21.6. The number of benzene rings is 2. The van der Waals surface area contributed by atoms with Crippen molar-refractivity contribution < 1.29 is 56.5 Å². The zero-order valence-corrected chi connectivity index (χ0v) is 27.7. The van der Waals surface area contributed by atoms with E-state index in [-0.39, 0.29) is 25.8 Å². The van der Waals surface area contributed by atoms with Crippen molar-refractivity contribution in [1.29, 1.82) is 0 Å². The van der Waals surface area contributed by atoms with E-state index in [0.29, 0.717) is 0 Å². The monoisotopic (exact) mass is 663 g/mol. The Morgan fingerprint density at radius 1 is 0.761 bits per heavy atom. The van der Waals surface area contributed by atoms with E-state index in [1.54, 1.807) is 20.8 Å². The molecule has 0 bridgehead atoms. The van der Waals surface area contributed by atoms with E-state index >= 15 is 0 Å². The maximum atomic E-state index is 14.1. The molecule has 1 saturated heterocycles. The van der Waals surface area contributed by atoms with E-state index in [1.165, 1.54) is 0 Å². The highest BCUT2D eigenvalue weighted by Gasteiger charge is 2.52. The van der Waals surface area contributed by atoms with Gasteiger partial charge in [-0.2, -0.15) is 0 Å². The summed E-state index contributed by atoms with van der Waals surface area (Å²) in [6.45, 7) is 8.31. The van der Waals surface area contributed by atoms with Gasteiger partial charge >= 0.3 is 31.6 Å². The van der Waals surface area contributed by atoms with E-state index < -0.39 is 67.8 Å². The van der Waals surface area contributed by atoms with Crippen LogP contribution in [-0.2, 0) is 64.9 Å². The second kappa shape index (κ2) is 16.7. The van der Waals surface area contributed by atoms with E-state index in [4.69, 9.17) is 32.7 Å². The molecule has 0 saturated carbocycles. The smallest absolute Gasteiger partial charge is 0.408 e. The summed E-state index contributed by atoms with van der Waals surface area (Å²) in [5, 5.41) is 2.52. The first-order valence-corrected chi connectivity index (χ1v) is 16.5. The number of amides is 1. The predicted octanol–water partition coefficient (Wildman–Crippen LogP) is 5.05. The highest BCUT2D eigenvalue weighted by atomic mass is 31.2. The number of hydrogen-bond acceptors (Lipinski definition) is 12. The van der Waals surface area contributed by atoms with Crippen molar-refractivity contribution in [3.05, 3.63) is 71.8 Å². The summed E-state index contributed by atoms with van der Waals surface area (Å²) >= 11 is 0. The molecule has 0 aromatic heterocycles. The molecule has 1 fully saturated rings. The molecule has 0 unspecified atom stereocenters. The third-order valence-electron chi connectivity index (χ3n) is 6.44. The van der Waals surface area contributed by atoms with Crippen LogP contribution in [0.2, 0.25) is 0 Å². The van der Waals surface area contributed by atoms with Gasteiger partial charge in [0.05, 0.1) is 19.4 Å². The molecule has 0 aliphatic carbocycles. The minimum atomic E-state index is -3.86. The molecule has 1 aliphatic heterocycles. The summed E-state index contributed by atoms with van der Waals surface area (Å²) in [6, 6.07) is 16.9. The molecule has 252 valence electrons. The quantitative estimate of drug-likeness (QED) is 0.173. The number of alkyl carbamates (subject to hydrolysis) is 1. The van der Waals surface area contributed by atoms with Crippen LogP contribution >= 0.6 is 7.60 Å². The van der Waals surface area contributed by atoms with Crippen molar-refractivity contribution >= 4 is 31.6 Å². The van der Waals surface area contributed by atoms with Gasteiger partial charge in [-0.25, -0.2) is 4.79 Å². The lowest BCUT2D eigenvalue weighted by Crippen LogP contribution is -2.66. The van der Waals surface area contributed by atoms with Crippen LogP contribution in [0.25, 0.3) is 0 Å². The fraction of sp³-hybridized carbons (Fsp3) is 0.500. The van der Waals surface area contributed by atoms with Gasteiger partial charge in [0.2, 0.25) is 6.29 Å². The Balaban J connectivity index is 1.92. The summed E-state index contributed by atoms with van der Waals surface area (Å²) in [5.41, 5.74) is 0.628. The molecule has 3 rings (SSSR count). The standard InChI is InChI=1S/C32H42NO12P/c1-21(34)41-28-26(44-30(43-23(3)36)27(29(28)42-22(2)35)33-31(37)45-32(4,5)6)17-18-46(38,39-19-24-13-9-7-10-14-24)40-20-25-15-11-8-12-16-25/h7-16,26-30H,17-20H2,1-6H3,(H,33,37)/t26-,27-,28-,29-,30+/m1/s1. The zero-order valence-electron chi connectivity index (χ0n) is 26.8. The minimum absolute atomic E-state index is 0.0141. The normalized spacial score (nSPS) is 21.5. The molecule has 46 heavy (non-hydrogen) atoms. The maximum Gasteiger partial charge on any atom is 0.408 e. The van der Waals surface area contributed by atoms with Gasteiger partial charge in [-0.15, -0.1) is 0 Å². The van der Waals surface area contributed by atoms with Crippen LogP contribution in [-0.4, -0.2) is 66.4 Å². The van der Waals surface area contributed by atoms with Gasteiger partial charge in [0.25, 0.3) is 0 Å². The average Bonchev–Trinajstić information content (AvgIpc) is 2.97. The number of hydrogen-bond donors (Lipinski definition) is 1. The lowest BCUT2D eigenvalue weighted by Gasteiger charge is -2.45. The topological polar surface area (TPSA) is 162 Å². The summed E-state index contributed by atoms with van der Waals surface area (Å²) in [7, 11) is -3.86. The number of rotatable bonds is 13. The molecule has 2 aromatic carbocycles. The van der Waals surface area contributed by atoms with Gasteiger partial charge in [-0.3, -0.25) is 18.9 Å². The molecule has 2 aromatic rings. The average molecular weight is 664 g/mol. The largest absolute Gasteiger partial charge is 0.456 e. The lowest BCUT2D eigenvalue weighted by atomic mass is 9.94. The van der Waals surface area contributed by atoms with Crippen LogP contribution in [0.5, 0.6) is 0 Å². The summed E-state index contributed by atoms with van der Waals surface area (Å²) in [5.74, 6) is -2.29. The first-order valence-electron chi connectivity index (χ1n) is 14.8. The van der Waals surface area contributed by atoms with Crippen LogP contribution in [0.3, 0.4) is 0 Å². The van der Waals surface area contributed by atoms with Crippen LogP contribution in [0.1, 0.15) is 59.1 Å². The second-order valence-corrected chi connectivity index (χ2v) is 13.8. The Hall–Kier alpha value is -3.77. The second-order valence-electron chi connectivity index (χ2n) is 11.6. The number of esters is 3. The zero-order chi connectivity index (χ0) is 33.9. The number of ether oxygens (including phenoxy) is 5. The van der Waals surface area contributed by atoms with Crippen molar-refractivity contribution in [2.45, 2.75) is 97.4 Å². The van der Waals surface area contributed by atoms with E-state index in [9.17, 15) is 23.7 Å². The maximum absolute atomic E-state index is 14.1. The molecule has 0 spiro atoms. The Kier molecular flexibility index (Phi) is 13.3. The van der Waals surface area contributed by atoms with E-state index in [2.05, 4.69) is 5.32 Å². The van der Waals surface area contributed by atoms with Crippen molar-refractivity contribution in [2.24, 2.45) is 0 Å². The van der Waals surface area contributed by atoms with Crippen LogP contribution < -0.4 is 5.32 Å². The first kappa shape index (κ1) is 36.7. The van der Waals surface area contributed by atoms with Crippen LogP contribution in [0, 0.1) is 0 Å². The third kappa shape index (κ3) is 12.2. The highest BCUT2D eigenvalue weighted by molar-refractivity contribution is 7.53. The summed E-state index contributed by atoms with van der Waals surface area (Å²) < 4.78 is 53.8. The summed E-state index contributed by atoms with van der Waals surface area (Å²) in [4.78, 5) is 49.4. The molecule has 1 amide bonds. The Morgan fingerprint density at radius 3 is 1.70 bits per heavy atom. The molecular weight excluding hydrogens is 621 g/mol.